The van der Waals surface area contributed by atoms with E-state index in [1.54, 1.807) is 0 Å². The molecule has 0 saturated heterocycles. The van der Waals surface area contributed by atoms with Crippen LogP contribution in [-0.4, -0.2) is 6.54 Å². The van der Waals surface area contributed by atoms with Gasteiger partial charge in [0.05, 0.1) is 6.07 Å². The van der Waals surface area contributed by atoms with Crippen molar-refractivity contribution in [1.82, 2.24) is 0 Å². The van der Waals surface area contributed by atoms with Crippen molar-refractivity contribution < 1.29 is 0 Å². The van der Waals surface area contributed by atoms with Crippen molar-refractivity contribution in [1.29, 1.82) is 5.26 Å². The van der Waals surface area contributed by atoms with Crippen molar-refractivity contribution >= 4 is 5.69 Å². The van der Waals surface area contributed by atoms with Gasteiger partial charge in [-0.3, -0.25) is 0 Å². The second kappa shape index (κ2) is 5.41. The van der Waals surface area contributed by atoms with Gasteiger partial charge >= 0.3 is 0 Å². The highest BCUT2D eigenvalue weighted by Gasteiger charge is 2.02. The van der Waals surface area contributed by atoms with Crippen LogP contribution >= 0.6 is 0 Å². The molecule has 0 aliphatic rings. The van der Waals surface area contributed by atoms with Crippen molar-refractivity contribution in [2.75, 3.05) is 11.9 Å². The van der Waals surface area contributed by atoms with E-state index in [4.69, 9.17) is 5.26 Å². The molecule has 0 aliphatic heterocycles. The number of nitrogens with zero attached hydrogens (tertiary/aromatic N) is 1. The molecule has 2 nitrogen and oxygen atoms in total. The third kappa shape index (κ3) is 3.28. The molecule has 0 aromatic heterocycles. The van der Waals surface area contributed by atoms with E-state index in [0.717, 1.165) is 13.0 Å². The third-order valence-electron chi connectivity index (χ3n) is 2.44. The molecule has 80 valence electrons. The molecule has 1 rings (SSSR count). The van der Waals surface area contributed by atoms with Gasteiger partial charge in [0.2, 0.25) is 0 Å². The maximum Gasteiger partial charge on any atom is 0.0622 e. The van der Waals surface area contributed by atoms with Gasteiger partial charge in [-0.25, -0.2) is 0 Å². The molecule has 1 aromatic rings. The number of rotatable bonds is 4. The fourth-order valence-corrected chi connectivity index (χ4v) is 1.84. The van der Waals surface area contributed by atoms with E-state index < -0.39 is 0 Å². The monoisotopic (exact) mass is 202 g/mol. The van der Waals surface area contributed by atoms with Crippen LogP contribution in [0.1, 0.15) is 29.5 Å². The van der Waals surface area contributed by atoms with Gasteiger partial charge in [0.15, 0.2) is 0 Å². The molecule has 0 aliphatic carbocycles. The molecule has 1 aromatic carbocycles. The lowest BCUT2D eigenvalue weighted by atomic mass is 10.1. The van der Waals surface area contributed by atoms with Crippen LogP contribution in [0.15, 0.2) is 12.1 Å². The Balaban J connectivity index is 2.65. The molecule has 0 fully saturated rings. The van der Waals surface area contributed by atoms with Crippen LogP contribution in [0.5, 0.6) is 0 Å². The largest absolute Gasteiger partial charge is 0.385 e. The lowest BCUT2D eigenvalue weighted by Crippen LogP contribution is -2.04. The van der Waals surface area contributed by atoms with Crippen molar-refractivity contribution in [2.24, 2.45) is 0 Å². The summed E-state index contributed by atoms with van der Waals surface area (Å²) in [6, 6.07) is 6.51. The fraction of sp³-hybridized carbons (Fsp3) is 0.462. The molecule has 0 atom stereocenters. The van der Waals surface area contributed by atoms with Crippen molar-refractivity contribution in [3.05, 3.63) is 28.8 Å². The average Bonchev–Trinajstić information content (AvgIpc) is 2.15. The Labute approximate surface area is 91.9 Å². The fourth-order valence-electron chi connectivity index (χ4n) is 1.84. The Morgan fingerprint density at radius 1 is 1.20 bits per heavy atom. The summed E-state index contributed by atoms with van der Waals surface area (Å²) in [7, 11) is 0. The Kier molecular flexibility index (Phi) is 4.17. The van der Waals surface area contributed by atoms with Gasteiger partial charge in [0.25, 0.3) is 0 Å². The normalized spacial score (nSPS) is 9.73. The Morgan fingerprint density at radius 2 is 1.80 bits per heavy atom. The van der Waals surface area contributed by atoms with Crippen LogP contribution < -0.4 is 5.32 Å². The van der Waals surface area contributed by atoms with Gasteiger partial charge in [0, 0.05) is 18.7 Å². The predicted octanol–water partition coefficient (Wildman–Crippen LogP) is 3.33. The lowest BCUT2D eigenvalue weighted by Gasteiger charge is -2.13. The second-order valence-corrected chi connectivity index (χ2v) is 3.96. The summed E-state index contributed by atoms with van der Waals surface area (Å²) < 4.78 is 0. The minimum atomic E-state index is 0.622. The van der Waals surface area contributed by atoms with Crippen LogP contribution in [-0.2, 0) is 0 Å². The highest BCUT2D eigenvalue weighted by molar-refractivity contribution is 5.58. The minimum Gasteiger partial charge on any atom is -0.385 e. The summed E-state index contributed by atoms with van der Waals surface area (Å²) in [5.41, 5.74) is 5.08. The van der Waals surface area contributed by atoms with Gasteiger partial charge in [-0.05, 0) is 38.3 Å². The quantitative estimate of drug-likeness (QED) is 0.760. The topological polar surface area (TPSA) is 35.8 Å². The molecular weight excluding hydrogens is 184 g/mol. The van der Waals surface area contributed by atoms with Gasteiger partial charge < -0.3 is 5.32 Å². The van der Waals surface area contributed by atoms with E-state index in [1.165, 1.54) is 22.4 Å². The Bertz CT molecular complexity index is 352. The molecule has 15 heavy (non-hydrogen) atoms. The van der Waals surface area contributed by atoms with Gasteiger partial charge in [0.1, 0.15) is 0 Å². The zero-order chi connectivity index (χ0) is 11.3. The number of benzene rings is 1. The highest BCUT2D eigenvalue weighted by atomic mass is 14.9. The van der Waals surface area contributed by atoms with Crippen LogP contribution in [0.4, 0.5) is 5.69 Å². The number of nitriles is 1. The number of hydrogen-bond donors (Lipinski definition) is 1. The van der Waals surface area contributed by atoms with E-state index in [2.05, 4.69) is 44.3 Å². The van der Waals surface area contributed by atoms with Crippen LogP contribution in [0.25, 0.3) is 0 Å². The van der Waals surface area contributed by atoms with E-state index in [-0.39, 0.29) is 0 Å². The summed E-state index contributed by atoms with van der Waals surface area (Å²) in [5.74, 6) is 0. The molecule has 0 unspecified atom stereocenters. The van der Waals surface area contributed by atoms with E-state index in [0.29, 0.717) is 6.42 Å². The van der Waals surface area contributed by atoms with Crippen molar-refractivity contribution in [2.45, 2.75) is 33.6 Å². The maximum atomic E-state index is 8.43. The number of hydrogen-bond acceptors (Lipinski definition) is 2. The molecule has 2 heteroatoms. The zero-order valence-electron chi connectivity index (χ0n) is 9.72. The number of anilines is 1. The van der Waals surface area contributed by atoms with Crippen LogP contribution in [0.3, 0.4) is 0 Å². The van der Waals surface area contributed by atoms with E-state index in [1.807, 2.05) is 0 Å². The van der Waals surface area contributed by atoms with E-state index in [9.17, 15) is 0 Å². The summed E-state index contributed by atoms with van der Waals surface area (Å²) in [6.45, 7) is 7.22. The van der Waals surface area contributed by atoms with Crippen LogP contribution in [0, 0.1) is 32.1 Å². The molecule has 1 N–H and O–H groups in total. The summed E-state index contributed by atoms with van der Waals surface area (Å²) in [6.07, 6.45) is 1.53. The molecule has 0 heterocycles. The minimum absolute atomic E-state index is 0.622. The maximum absolute atomic E-state index is 8.43. The molecule has 0 radical (unpaired) electrons. The predicted molar refractivity (Wildman–Crippen MR) is 64.0 cm³/mol. The molecule has 0 bridgehead atoms. The standard InChI is InChI=1S/C13H18N2/c1-10-8-11(2)13(12(3)9-10)15-7-5-4-6-14/h8-9,15H,4-5,7H2,1-3H3. The van der Waals surface area contributed by atoms with Crippen molar-refractivity contribution in [3.63, 3.8) is 0 Å². The second-order valence-electron chi connectivity index (χ2n) is 3.96. The zero-order valence-corrected chi connectivity index (χ0v) is 9.72. The van der Waals surface area contributed by atoms with Gasteiger partial charge in [-0.15, -0.1) is 0 Å². The smallest absolute Gasteiger partial charge is 0.0622 e. The molecular formula is C13H18N2. The Morgan fingerprint density at radius 3 is 2.33 bits per heavy atom. The molecule has 0 saturated carbocycles. The first-order chi connectivity index (χ1) is 7.15. The van der Waals surface area contributed by atoms with Gasteiger partial charge in [-0.2, -0.15) is 5.26 Å². The number of nitrogens with one attached hydrogen (secondary N) is 1. The summed E-state index contributed by atoms with van der Waals surface area (Å²) in [4.78, 5) is 0. The highest BCUT2D eigenvalue weighted by Crippen LogP contribution is 2.21. The van der Waals surface area contributed by atoms with Crippen LogP contribution in [0.2, 0.25) is 0 Å². The van der Waals surface area contributed by atoms with Crippen molar-refractivity contribution in [3.8, 4) is 6.07 Å². The third-order valence-corrected chi connectivity index (χ3v) is 2.44. The molecule has 0 spiro atoms. The lowest BCUT2D eigenvalue weighted by molar-refractivity contribution is 0.895. The summed E-state index contributed by atoms with van der Waals surface area (Å²) in [5, 5.41) is 11.8. The first-order valence-corrected chi connectivity index (χ1v) is 5.34. The first kappa shape index (κ1) is 11.6. The first-order valence-electron chi connectivity index (χ1n) is 5.34. The van der Waals surface area contributed by atoms with Gasteiger partial charge in [-0.1, -0.05) is 17.7 Å². The number of aryl methyl sites for hydroxylation is 3. The SMILES string of the molecule is Cc1cc(C)c(NCCCC#N)c(C)c1. The van der Waals surface area contributed by atoms with E-state index >= 15 is 0 Å². The molecule has 0 amide bonds. The summed E-state index contributed by atoms with van der Waals surface area (Å²) >= 11 is 0. The Hall–Kier alpha value is -1.49. The number of unbranched alkanes of at least 4 members (excludes halogenated alkanes) is 1. The average molecular weight is 202 g/mol.